The summed E-state index contributed by atoms with van der Waals surface area (Å²) in [6.45, 7) is 8.84. The normalized spacial score (nSPS) is 13.1. The fourth-order valence-electron chi connectivity index (χ4n) is 2.63. The molecule has 0 atom stereocenters. The fourth-order valence-corrected chi connectivity index (χ4v) is 2.63. The predicted octanol–water partition coefficient (Wildman–Crippen LogP) is 5.50. The molecule has 26 heavy (non-hydrogen) atoms. The Morgan fingerprint density at radius 2 is 2.04 bits per heavy atom. The molecule has 0 aliphatic heterocycles. The number of alkyl halides is 2. The van der Waals surface area contributed by atoms with Crippen LogP contribution in [0.2, 0.25) is 0 Å². The number of allylic oxidation sites excluding steroid dienone is 4. The average Bonchev–Trinajstić information content (AvgIpc) is 2.57. The summed E-state index contributed by atoms with van der Waals surface area (Å²) in [6, 6.07) is 5.82. The highest BCUT2D eigenvalue weighted by Crippen LogP contribution is 2.32. The summed E-state index contributed by atoms with van der Waals surface area (Å²) in [7, 11) is 0. The van der Waals surface area contributed by atoms with Crippen LogP contribution < -0.4 is 5.63 Å². The Hall–Kier alpha value is -2.69. The van der Waals surface area contributed by atoms with Crippen molar-refractivity contribution >= 4 is 11.0 Å². The molecule has 0 saturated heterocycles. The van der Waals surface area contributed by atoms with Crippen LogP contribution in [0.15, 0.2) is 69.6 Å². The van der Waals surface area contributed by atoms with Crippen LogP contribution in [-0.2, 0) is 17.1 Å². The van der Waals surface area contributed by atoms with Gasteiger partial charge in [0.1, 0.15) is 11.3 Å². The molecule has 0 aliphatic carbocycles. The number of ether oxygens (including phenoxy) is 1. The van der Waals surface area contributed by atoms with Crippen LogP contribution >= 0.6 is 0 Å². The van der Waals surface area contributed by atoms with Gasteiger partial charge in [-0.25, -0.2) is 13.6 Å². The molecule has 2 rings (SSSR count). The molecule has 0 fully saturated rings. The molecule has 0 N–H and O–H groups in total. The third kappa shape index (κ3) is 4.91. The van der Waals surface area contributed by atoms with E-state index in [0.717, 1.165) is 24.1 Å². The van der Waals surface area contributed by atoms with Crippen molar-refractivity contribution in [2.24, 2.45) is 0 Å². The van der Waals surface area contributed by atoms with Gasteiger partial charge in [-0.15, -0.1) is 0 Å². The highest BCUT2D eigenvalue weighted by Gasteiger charge is 2.28. The number of halogens is 2. The lowest BCUT2D eigenvalue weighted by molar-refractivity contribution is 0.0186. The van der Waals surface area contributed by atoms with E-state index in [1.54, 1.807) is 24.3 Å². The summed E-state index contributed by atoms with van der Waals surface area (Å²) in [4.78, 5) is 11.5. The van der Waals surface area contributed by atoms with Crippen molar-refractivity contribution in [1.82, 2.24) is 0 Å². The Kier molecular flexibility index (Phi) is 6.14. The van der Waals surface area contributed by atoms with Gasteiger partial charge >= 0.3 is 5.63 Å². The van der Waals surface area contributed by atoms with E-state index in [9.17, 15) is 13.6 Å². The number of fused-ring (bicyclic) bond motifs is 1. The summed E-state index contributed by atoms with van der Waals surface area (Å²) in [5.41, 5.74) is 0.916. The van der Waals surface area contributed by atoms with Gasteiger partial charge in [0.2, 0.25) is 0 Å². The van der Waals surface area contributed by atoms with Gasteiger partial charge < -0.3 is 9.15 Å². The summed E-state index contributed by atoms with van der Waals surface area (Å²) >= 11 is 0. The van der Waals surface area contributed by atoms with Crippen LogP contribution in [0.3, 0.4) is 0 Å². The Bertz CT molecular complexity index is 915. The van der Waals surface area contributed by atoms with Crippen molar-refractivity contribution in [2.75, 3.05) is 6.61 Å². The first-order valence-corrected chi connectivity index (χ1v) is 8.32. The summed E-state index contributed by atoms with van der Waals surface area (Å²) in [5, 5.41) is 0.249. The molecule has 0 saturated carbocycles. The molecule has 5 heteroatoms. The second-order valence-electron chi connectivity index (χ2n) is 6.09. The molecule has 0 amide bonds. The fraction of sp³-hybridized carbons (Fsp3) is 0.286. The van der Waals surface area contributed by atoms with Gasteiger partial charge in [0.15, 0.2) is 0 Å². The maximum Gasteiger partial charge on any atom is 0.336 e. The second-order valence-corrected chi connectivity index (χ2v) is 6.09. The topological polar surface area (TPSA) is 39.4 Å². The standard InChI is InChI=1S/C21H22F2O3/c1-5-16(25-6-2)9-7-14(3)11-15-8-10-19-17(12-15)18(21(4,22)23)13-20(24)26-19/h5,7-10,12-13H,1,6,11H2,2-4H3/b14-7+,16-9+. The largest absolute Gasteiger partial charge is 0.494 e. The Balaban J connectivity index is 2.38. The first-order valence-electron chi connectivity index (χ1n) is 8.32. The lowest BCUT2D eigenvalue weighted by Gasteiger charge is -2.13. The number of benzene rings is 1. The maximum atomic E-state index is 13.9. The zero-order valence-corrected chi connectivity index (χ0v) is 15.1. The summed E-state index contributed by atoms with van der Waals surface area (Å²) in [5.74, 6) is -2.46. The van der Waals surface area contributed by atoms with Crippen molar-refractivity contribution < 1.29 is 17.9 Å². The van der Waals surface area contributed by atoms with E-state index in [-0.39, 0.29) is 16.5 Å². The van der Waals surface area contributed by atoms with Crippen LogP contribution in [0.4, 0.5) is 8.78 Å². The van der Waals surface area contributed by atoms with Gasteiger partial charge in [-0.05, 0) is 50.1 Å². The van der Waals surface area contributed by atoms with E-state index in [2.05, 4.69) is 6.58 Å². The molecular weight excluding hydrogens is 338 g/mol. The lowest BCUT2D eigenvalue weighted by Crippen LogP contribution is -2.12. The van der Waals surface area contributed by atoms with Gasteiger partial charge in [-0.1, -0.05) is 24.3 Å². The molecule has 0 unspecified atom stereocenters. The molecular formula is C21H22F2O3. The van der Waals surface area contributed by atoms with E-state index < -0.39 is 11.5 Å². The number of rotatable bonds is 7. The van der Waals surface area contributed by atoms with Crippen molar-refractivity contribution in [2.45, 2.75) is 33.1 Å². The monoisotopic (exact) mass is 360 g/mol. The molecule has 1 aromatic carbocycles. The predicted molar refractivity (Wildman–Crippen MR) is 99.4 cm³/mol. The van der Waals surface area contributed by atoms with Crippen LogP contribution in [0, 0.1) is 0 Å². The minimum absolute atomic E-state index is 0.157. The van der Waals surface area contributed by atoms with E-state index >= 15 is 0 Å². The molecule has 138 valence electrons. The van der Waals surface area contributed by atoms with E-state index in [4.69, 9.17) is 9.15 Å². The zero-order valence-electron chi connectivity index (χ0n) is 15.1. The smallest absolute Gasteiger partial charge is 0.336 e. The number of hydrogen-bond acceptors (Lipinski definition) is 3. The van der Waals surface area contributed by atoms with Crippen LogP contribution in [0.1, 0.15) is 31.9 Å². The van der Waals surface area contributed by atoms with Crippen LogP contribution in [0.25, 0.3) is 11.0 Å². The highest BCUT2D eigenvalue weighted by molar-refractivity contribution is 5.81. The molecule has 1 aromatic heterocycles. The molecule has 0 aliphatic rings. The highest BCUT2D eigenvalue weighted by atomic mass is 19.3. The molecule has 1 heterocycles. The van der Waals surface area contributed by atoms with Crippen molar-refractivity contribution in [3.05, 3.63) is 82.0 Å². The van der Waals surface area contributed by atoms with Gasteiger partial charge in [0.05, 0.1) is 6.61 Å². The molecule has 0 radical (unpaired) electrons. The molecule has 0 spiro atoms. The minimum atomic E-state index is -3.13. The molecule has 3 nitrogen and oxygen atoms in total. The third-order valence-electron chi connectivity index (χ3n) is 3.81. The van der Waals surface area contributed by atoms with Gasteiger partial charge in [0, 0.05) is 23.9 Å². The molecule has 2 aromatic rings. The zero-order chi connectivity index (χ0) is 19.3. The molecule has 0 bridgehead atoms. The van der Waals surface area contributed by atoms with Crippen molar-refractivity contribution in [1.29, 1.82) is 0 Å². The van der Waals surface area contributed by atoms with E-state index in [0.29, 0.717) is 18.8 Å². The number of hydrogen-bond donors (Lipinski definition) is 0. The van der Waals surface area contributed by atoms with Gasteiger partial charge in [-0.2, -0.15) is 0 Å². The van der Waals surface area contributed by atoms with Crippen LogP contribution in [0.5, 0.6) is 0 Å². The summed E-state index contributed by atoms with van der Waals surface area (Å²) < 4.78 is 38.1. The van der Waals surface area contributed by atoms with Crippen LogP contribution in [-0.4, -0.2) is 6.61 Å². The lowest BCUT2D eigenvalue weighted by atomic mass is 9.99. The second kappa shape index (κ2) is 8.13. The van der Waals surface area contributed by atoms with E-state index in [1.807, 2.05) is 26.0 Å². The quantitative estimate of drug-likeness (QED) is 0.372. The van der Waals surface area contributed by atoms with Crippen molar-refractivity contribution in [3.63, 3.8) is 0 Å². The first-order chi connectivity index (χ1) is 12.2. The minimum Gasteiger partial charge on any atom is -0.494 e. The average molecular weight is 360 g/mol. The summed E-state index contributed by atoms with van der Waals surface area (Å²) in [6.07, 6.45) is 5.91. The van der Waals surface area contributed by atoms with Crippen molar-refractivity contribution in [3.8, 4) is 0 Å². The van der Waals surface area contributed by atoms with E-state index in [1.165, 1.54) is 0 Å². The third-order valence-corrected chi connectivity index (χ3v) is 3.81. The maximum absolute atomic E-state index is 13.9. The first kappa shape index (κ1) is 19.6. The van der Waals surface area contributed by atoms with Gasteiger partial charge in [-0.3, -0.25) is 0 Å². The Morgan fingerprint density at radius 1 is 1.31 bits per heavy atom. The Morgan fingerprint density at radius 3 is 2.65 bits per heavy atom. The Labute approximate surface area is 151 Å². The van der Waals surface area contributed by atoms with Gasteiger partial charge in [0.25, 0.3) is 5.92 Å². The SMILES string of the molecule is C=C/C(=C\C=C(/C)Cc1ccc2oc(=O)cc(C(C)(F)F)c2c1)OCC.